The van der Waals surface area contributed by atoms with Gasteiger partial charge in [-0.1, -0.05) is 67.2 Å². The molecule has 0 aromatic heterocycles. The first-order valence-electron chi connectivity index (χ1n) is 13.2. The van der Waals surface area contributed by atoms with Gasteiger partial charge < -0.3 is 15.3 Å². The molecule has 2 amide bonds. The molecule has 3 fully saturated rings. The molecule has 0 bridgehead atoms. The Morgan fingerprint density at radius 3 is 2.25 bits per heavy atom. The summed E-state index contributed by atoms with van der Waals surface area (Å²) < 4.78 is 0. The molecule has 3 aliphatic heterocycles. The minimum Gasteiger partial charge on any atom is -0.481 e. The number of hydrogen-bond donors (Lipinski definition) is 2. The standard InChI is InChI=1S/C29H29Cl4N3O4/c1-27(2,3)12-35(17-7-14(30)6-15(31)8-17)24(37)21-20-11-28(4-5-28)13-36(20)29(22(21)25(38)39)18-9-16(32)10-19(33)23(18)34-26(29)40/h6-10,20-22H,4-5,11-13H2,1-3H3,(H,34,40)(H,38,39)/t20-,21+,22-,29+/m0/s1. The number of carboxylic acids is 1. The molecule has 2 spiro atoms. The number of fused-ring (bicyclic) bond motifs is 4. The monoisotopic (exact) mass is 623 g/mol. The lowest BCUT2D eigenvalue weighted by Gasteiger charge is -2.37. The van der Waals surface area contributed by atoms with Crippen molar-refractivity contribution in [3.05, 3.63) is 56.0 Å². The van der Waals surface area contributed by atoms with E-state index in [1.165, 1.54) is 6.07 Å². The number of nitrogens with zero attached hydrogens (tertiary/aromatic N) is 2. The number of halogens is 4. The molecule has 4 atom stereocenters. The van der Waals surface area contributed by atoms with Crippen LogP contribution in [0.3, 0.4) is 0 Å². The highest BCUT2D eigenvalue weighted by molar-refractivity contribution is 6.38. The number of rotatable bonds is 4. The van der Waals surface area contributed by atoms with Crippen molar-refractivity contribution in [1.29, 1.82) is 0 Å². The molecule has 40 heavy (non-hydrogen) atoms. The second-order valence-corrected chi connectivity index (χ2v) is 14.6. The summed E-state index contributed by atoms with van der Waals surface area (Å²) in [5.74, 6) is -4.50. The largest absolute Gasteiger partial charge is 0.481 e. The average molecular weight is 625 g/mol. The van der Waals surface area contributed by atoms with Gasteiger partial charge in [-0.15, -0.1) is 0 Å². The molecule has 6 rings (SSSR count). The Labute approximate surface area is 252 Å². The Bertz CT molecular complexity index is 1450. The Kier molecular flexibility index (Phi) is 6.49. The lowest BCUT2D eigenvalue weighted by molar-refractivity contribution is -0.152. The lowest BCUT2D eigenvalue weighted by Crippen LogP contribution is -2.54. The first kappa shape index (κ1) is 28.1. The van der Waals surface area contributed by atoms with Gasteiger partial charge in [-0.05, 0) is 60.4 Å². The Morgan fingerprint density at radius 2 is 1.68 bits per heavy atom. The molecule has 2 saturated heterocycles. The fraction of sp³-hybridized carbons (Fsp3) is 0.483. The van der Waals surface area contributed by atoms with Crippen molar-refractivity contribution >= 4 is 75.6 Å². The van der Waals surface area contributed by atoms with Crippen LogP contribution in [0.2, 0.25) is 20.1 Å². The molecule has 0 radical (unpaired) electrons. The summed E-state index contributed by atoms with van der Waals surface area (Å²) in [5.41, 5.74) is -0.778. The molecule has 212 valence electrons. The molecule has 4 aliphatic rings. The van der Waals surface area contributed by atoms with Gasteiger partial charge in [0.1, 0.15) is 11.5 Å². The molecule has 2 N–H and O–H groups in total. The van der Waals surface area contributed by atoms with Gasteiger partial charge in [0.2, 0.25) is 5.91 Å². The molecule has 7 nitrogen and oxygen atoms in total. The van der Waals surface area contributed by atoms with Gasteiger partial charge in [-0.3, -0.25) is 19.3 Å². The first-order valence-corrected chi connectivity index (χ1v) is 14.8. The van der Waals surface area contributed by atoms with Crippen molar-refractivity contribution in [3.8, 4) is 0 Å². The van der Waals surface area contributed by atoms with Gasteiger partial charge in [0.25, 0.3) is 5.91 Å². The third-order valence-corrected chi connectivity index (χ3v) is 9.79. The van der Waals surface area contributed by atoms with Crippen molar-refractivity contribution in [1.82, 2.24) is 4.90 Å². The second-order valence-electron chi connectivity index (χ2n) is 12.9. The minimum absolute atomic E-state index is 0.0424. The molecule has 1 aliphatic carbocycles. The van der Waals surface area contributed by atoms with Gasteiger partial charge in [0, 0.05) is 45.5 Å². The van der Waals surface area contributed by atoms with E-state index in [4.69, 9.17) is 46.4 Å². The minimum atomic E-state index is -1.63. The fourth-order valence-electron chi connectivity index (χ4n) is 7.22. The zero-order valence-electron chi connectivity index (χ0n) is 22.2. The summed E-state index contributed by atoms with van der Waals surface area (Å²) >= 11 is 25.6. The van der Waals surface area contributed by atoms with E-state index in [0.29, 0.717) is 45.0 Å². The van der Waals surface area contributed by atoms with Crippen LogP contribution in [0, 0.1) is 22.7 Å². The fourth-order valence-corrected chi connectivity index (χ4v) is 8.27. The maximum Gasteiger partial charge on any atom is 0.310 e. The topological polar surface area (TPSA) is 90.0 Å². The van der Waals surface area contributed by atoms with Gasteiger partial charge in [-0.25, -0.2) is 0 Å². The smallest absolute Gasteiger partial charge is 0.310 e. The van der Waals surface area contributed by atoms with Crippen molar-refractivity contribution in [2.24, 2.45) is 22.7 Å². The quantitative estimate of drug-likeness (QED) is 0.394. The highest BCUT2D eigenvalue weighted by Crippen LogP contribution is 2.66. The number of nitrogens with one attached hydrogen (secondary N) is 1. The predicted octanol–water partition coefficient (Wildman–Crippen LogP) is 6.71. The van der Waals surface area contributed by atoms with Gasteiger partial charge in [0.15, 0.2) is 0 Å². The third-order valence-electron chi connectivity index (χ3n) is 8.84. The van der Waals surface area contributed by atoms with Crippen LogP contribution < -0.4 is 10.2 Å². The maximum atomic E-state index is 14.8. The normalized spacial score (nSPS) is 28.1. The van der Waals surface area contributed by atoms with E-state index < -0.39 is 35.3 Å². The summed E-state index contributed by atoms with van der Waals surface area (Å²) in [7, 11) is 0. The average Bonchev–Trinajstić information content (AvgIpc) is 3.26. The Balaban J connectivity index is 1.55. The molecule has 3 heterocycles. The molecule has 11 heteroatoms. The molecular formula is C29H29Cl4N3O4. The van der Waals surface area contributed by atoms with Crippen LogP contribution >= 0.6 is 46.4 Å². The number of carbonyl (C=O) groups is 3. The van der Waals surface area contributed by atoms with Crippen LogP contribution in [-0.4, -0.2) is 46.9 Å². The summed E-state index contributed by atoms with van der Waals surface area (Å²) in [6.45, 7) is 6.79. The number of carboxylic acid groups (broad SMARTS) is 1. The maximum absolute atomic E-state index is 14.8. The van der Waals surface area contributed by atoms with Crippen LogP contribution in [0.5, 0.6) is 0 Å². The number of hydrogen-bond acceptors (Lipinski definition) is 4. The summed E-state index contributed by atoms with van der Waals surface area (Å²) in [6.07, 6.45) is 2.57. The van der Waals surface area contributed by atoms with Crippen LogP contribution in [0.1, 0.15) is 45.6 Å². The van der Waals surface area contributed by atoms with Crippen LogP contribution in [0.25, 0.3) is 0 Å². The van der Waals surface area contributed by atoms with Crippen molar-refractivity contribution in [3.63, 3.8) is 0 Å². The highest BCUT2D eigenvalue weighted by Gasteiger charge is 2.75. The van der Waals surface area contributed by atoms with E-state index in [0.717, 1.165) is 12.8 Å². The molecule has 2 aromatic carbocycles. The van der Waals surface area contributed by atoms with Gasteiger partial charge >= 0.3 is 5.97 Å². The first-order chi connectivity index (χ1) is 18.7. The third kappa shape index (κ3) is 4.23. The van der Waals surface area contributed by atoms with E-state index in [1.54, 1.807) is 29.2 Å². The number of benzene rings is 2. The number of amides is 2. The zero-order valence-corrected chi connectivity index (χ0v) is 25.3. The van der Waals surface area contributed by atoms with E-state index in [-0.39, 0.29) is 28.3 Å². The summed E-state index contributed by atoms with van der Waals surface area (Å²) in [5, 5.41) is 14.9. The van der Waals surface area contributed by atoms with Gasteiger partial charge in [-0.2, -0.15) is 0 Å². The molecular weight excluding hydrogens is 596 g/mol. The van der Waals surface area contributed by atoms with Crippen LogP contribution in [-0.2, 0) is 19.9 Å². The number of carbonyl (C=O) groups excluding carboxylic acids is 2. The zero-order chi connectivity index (χ0) is 28.9. The Morgan fingerprint density at radius 1 is 1.05 bits per heavy atom. The van der Waals surface area contributed by atoms with Gasteiger partial charge in [0.05, 0.1) is 16.6 Å². The molecule has 0 unspecified atom stereocenters. The predicted molar refractivity (Wildman–Crippen MR) is 156 cm³/mol. The van der Waals surface area contributed by atoms with E-state index >= 15 is 0 Å². The number of anilines is 2. The lowest BCUT2D eigenvalue weighted by atomic mass is 9.72. The van der Waals surface area contributed by atoms with Crippen molar-refractivity contribution < 1.29 is 19.5 Å². The highest BCUT2D eigenvalue weighted by atomic mass is 35.5. The van der Waals surface area contributed by atoms with E-state index in [9.17, 15) is 19.5 Å². The van der Waals surface area contributed by atoms with E-state index in [2.05, 4.69) is 5.32 Å². The van der Waals surface area contributed by atoms with Crippen LogP contribution in [0.4, 0.5) is 11.4 Å². The van der Waals surface area contributed by atoms with Crippen LogP contribution in [0.15, 0.2) is 30.3 Å². The summed E-state index contributed by atoms with van der Waals surface area (Å²) in [6, 6.07) is 7.56. The van der Waals surface area contributed by atoms with Crippen molar-refractivity contribution in [2.75, 3.05) is 23.3 Å². The van der Waals surface area contributed by atoms with Crippen molar-refractivity contribution in [2.45, 2.75) is 51.6 Å². The Hall–Kier alpha value is -2.03. The van der Waals surface area contributed by atoms with E-state index in [1.807, 2.05) is 25.7 Å². The number of aliphatic carboxylic acids is 1. The second kappa shape index (κ2) is 9.23. The summed E-state index contributed by atoms with van der Waals surface area (Å²) in [4.78, 5) is 45.7. The molecule has 2 aromatic rings. The SMILES string of the molecule is CC(C)(C)CN(C(=O)[C@H]1[C@@H](C(=O)O)[C@]2(C(=O)Nc3c(Cl)cc(Cl)cc32)N2CC3(CC3)C[C@@H]12)c1cc(Cl)cc(Cl)c1. The molecule has 1 saturated carbocycles.